The number of aliphatic hydroxyl groups excluding tert-OH is 5. The van der Waals surface area contributed by atoms with E-state index in [-0.39, 0.29) is 19.7 Å². The van der Waals surface area contributed by atoms with Gasteiger partial charge in [-0.05, 0) is 77.6 Å². The second-order valence-corrected chi connectivity index (χ2v) is 12.0. The second kappa shape index (κ2) is 16.6. The lowest BCUT2D eigenvalue weighted by Crippen LogP contribution is -2.48. The van der Waals surface area contributed by atoms with Crippen LogP contribution in [0.25, 0.3) is 11.1 Å². The van der Waals surface area contributed by atoms with E-state index in [9.17, 15) is 25.7 Å². The molecule has 1 aliphatic rings. The Morgan fingerprint density at radius 1 is 0.796 bits per heavy atom. The molecule has 0 aliphatic carbocycles. The summed E-state index contributed by atoms with van der Waals surface area (Å²) in [6.07, 6.45) is -6.39. The Labute approximate surface area is 285 Å². The summed E-state index contributed by atoms with van der Waals surface area (Å²) in [6.45, 7) is 4.88. The van der Waals surface area contributed by atoms with Gasteiger partial charge in [-0.2, -0.15) is 5.26 Å². The molecule has 0 saturated heterocycles. The lowest BCUT2D eigenvalue weighted by molar-refractivity contribution is -0.114. The van der Waals surface area contributed by atoms with E-state index in [0.29, 0.717) is 36.9 Å². The quantitative estimate of drug-likeness (QED) is 0.110. The largest absolute Gasteiger partial charge is 0.488 e. The third kappa shape index (κ3) is 8.87. The molecule has 6 N–H and O–H groups in total. The highest BCUT2D eigenvalue weighted by atomic mass is 16.6. The van der Waals surface area contributed by atoms with E-state index >= 15 is 0 Å². The Morgan fingerprint density at radius 2 is 1.53 bits per heavy atom. The summed E-state index contributed by atoms with van der Waals surface area (Å²) >= 11 is 0. The van der Waals surface area contributed by atoms with Gasteiger partial charge in [0.2, 0.25) is 0 Å². The number of hydrogen-bond acceptors (Lipinski definition) is 11. The molecular formula is C38H42N2O9. The third-order valence-corrected chi connectivity index (χ3v) is 8.49. The summed E-state index contributed by atoms with van der Waals surface area (Å²) in [6, 6.07) is 25.0. The Bertz CT molecular complexity index is 1770. The Hall–Kier alpha value is -4.67. The van der Waals surface area contributed by atoms with Crippen molar-refractivity contribution in [2.24, 2.45) is 0 Å². The van der Waals surface area contributed by atoms with Crippen LogP contribution in [-0.2, 0) is 19.8 Å². The molecule has 0 bridgehead atoms. The van der Waals surface area contributed by atoms with Crippen molar-refractivity contribution in [2.45, 2.75) is 58.0 Å². The van der Waals surface area contributed by atoms with Crippen LogP contribution in [0.3, 0.4) is 0 Å². The zero-order valence-electron chi connectivity index (χ0n) is 27.5. The van der Waals surface area contributed by atoms with E-state index in [4.69, 9.17) is 24.1 Å². The molecule has 0 saturated carbocycles. The summed E-state index contributed by atoms with van der Waals surface area (Å²) < 4.78 is 24.1. The van der Waals surface area contributed by atoms with Crippen molar-refractivity contribution >= 4 is 0 Å². The van der Waals surface area contributed by atoms with Crippen LogP contribution in [0.2, 0.25) is 0 Å². The lowest BCUT2D eigenvalue weighted by atomic mass is 9.96. The average Bonchev–Trinajstić information content (AvgIpc) is 3.13. The van der Waals surface area contributed by atoms with Gasteiger partial charge < -0.3 is 49.8 Å². The van der Waals surface area contributed by atoms with Crippen LogP contribution >= 0.6 is 0 Å². The number of benzene rings is 4. The fraction of sp³-hybridized carbons (Fsp3) is 0.342. The molecular weight excluding hydrogens is 628 g/mol. The van der Waals surface area contributed by atoms with Crippen molar-refractivity contribution in [3.63, 3.8) is 0 Å². The van der Waals surface area contributed by atoms with Gasteiger partial charge in [-0.1, -0.05) is 36.4 Å². The van der Waals surface area contributed by atoms with Gasteiger partial charge in [-0.3, -0.25) is 0 Å². The molecule has 11 nitrogen and oxygen atoms in total. The topological polar surface area (TPSA) is 174 Å². The molecule has 0 radical (unpaired) electrons. The van der Waals surface area contributed by atoms with Crippen LogP contribution in [0.1, 0.15) is 33.4 Å². The van der Waals surface area contributed by atoms with E-state index in [1.165, 1.54) is 0 Å². The highest BCUT2D eigenvalue weighted by Crippen LogP contribution is 2.37. The first kappa shape index (κ1) is 35.6. The van der Waals surface area contributed by atoms with Gasteiger partial charge >= 0.3 is 0 Å². The van der Waals surface area contributed by atoms with E-state index in [0.717, 1.165) is 50.4 Å². The van der Waals surface area contributed by atoms with Crippen molar-refractivity contribution in [3.8, 4) is 40.2 Å². The summed E-state index contributed by atoms with van der Waals surface area (Å²) in [5.74, 6) is 2.60. The highest BCUT2D eigenvalue weighted by Gasteiger charge is 2.29. The molecule has 49 heavy (non-hydrogen) atoms. The van der Waals surface area contributed by atoms with E-state index < -0.39 is 31.0 Å². The first-order valence-corrected chi connectivity index (χ1v) is 16.1. The predicted octanol–water partition coefficient (Wildman–Crippen LogP) is 3.30. The van der Waals surface area contributed by atoms with Gasteiger partial charge in [0.25, 0.3) is 0 Å². The Morgan fingerprint density at radius 3 is 2.31 bits per heavy atom. The molecule has 4 aromatic carbocycles. The van der Waals surface area contributed by atoms with E-state index in [1.807, 2.05) is 55.5 Å². The van der Waals surface area contributed by atoms with Gasteiger partial charge in [0, 0.05) is 24.7 Å². The zero-order chi connectivity index (χ0) is 34.9. The number of aliphatic hydroxyl groups is 5. The number of aryl methyl sites for hydroxylation is 1. The number of rotatable bonds is 15. The van der Waals surface area contributed by atoms with Gasteiger partial charge in [-0.15, -0.1) is 0 Å². The minimum atomic E-state index is -1.71. The van der Waals surface area contributed by atoms with Crippen molar-refractivity contribution in [1.29, 1.82) is 5.26 Å². The summed E-state index contributed by atoms with van der Waals surface area (Å²) in [5, 5.41) is 61.5. The van der Waals surface area contributed by atoms with Gasteiger partial charge in [0.1, 0.15) is 56.2 Å². The molecule has 5 rings (SSSR count). The molecule has 0 aromatic heterocycles. The van der Waals surface area contributed by atoms with Crippen molar-refractivity contribution in [1.82, 2.24) is 5.32 Å². The van der Waals surface area contributed by atoms with Gasteiger partial charge in [-0.25, -0.2) is 0 Å². The minimum absolute atomic E-state index is 0.115. The number of nitrogens with one attached hydrogen (secondary N) is 1. The molecule has 258 valence electrons. The maximum atomic E-state index is 10.4. The molecule has 0 spiro atoms. The third-order valence-electron chi connectivity index (χ3n) is 8.49. The maximum absolute atomic E-state index is 10.4. The molecule has 0 unspecified atom stereocenters. The molecule has 1 heterocycles. The molecule has 11 heteroatoms. The standard InChI is InChI=1S/C38H42N2O9/c1-23-13-29(18-40-19-31(42)37(44)38(45)32(43)20-41)35(48-21-26-6-3-5-25(14-26)17-39)16-34(23)49-22-28-7-4-8-30(24(28)2)27-9-10-33-36(15-27)47-12-11-46-33/h3-10,13-16,31-32,37-38,40-45H,11-12,18-22H2,1-2H3/t31-,32+,37+,38+/m0/s1. The Balaban J connectivity index is 1.33. The van der Waals surface area contributed by atoms with Crippen LogP contribution in [0.5, 0.6) is 23.0 Å². The number of nitrogens with zero attached hydrogens (tertiary/aromatic N) is 1. The number of hydrogen-bond donors (Lipinski definition) is 6. The first-order chi connectivity index (χ1) is 23.7. The van der Waals surface area contributed by atoms with E-state index in [2.05, 4.69) is 24.4 Å². The van der Waals surface area contributed by atoms with Crippen LogP contribution in [0, 0.1) is 25.2 Å². The van der Waals surface area contributed by atoms with Crippen LogP contribution in [-0.4, -0.2) is 76.3 Å². The average molecular weight is 671 g/mol. The molecule has 4 atom stereocenters. The first-order valence-electron chi connectivity index (χ1n) is 16.1. The van der Waals surface area contributed by atoms with Crippen molar-refractivity contribution < 1.29 is 44.5 Å². The summed E-state index contributed by atoms with van der Waals surface area (Å²) in [7, 11) is 0. The number of nitriles is 1. The normalized spacial score (nSPS) is 14.7. The predicted molar refractivity (Wildman–Crippen MR) is 181 cm³/mol. The van der Waals surface area contributed by atoms with Crippen LogP contribution in [0.15, 0.2) is 72.8 Å². The van der Waals surface area contributed by atoms with E-state index in [1.54, 1.807) is 18.2 Å². The van der Waals surface area contributed by atoms with Crippen molar-refractivity contribution in [2.75, 3.05) is 26.4 Å². The molecule has 1 aliphatic heterocycles. The SMILES string of the molecule is Cc1cc(CNC[C@H](O)[C@@H](O)[C@H](O)[C@H](O)CO)c(OCc2cccc(C#N)c2)cc1OCc1cccc(-c2ccc3c(c2)OCCO3)c1C. The lowest BCUT2D eigenvalue weighted by Gasteiger charge is -2.26. The summed E-state index contributed by atoms with van der Waals surface area (Å²) in [5.41, 5.74) is 7.08. The van der Waals surface area contributed by atoms with Gasteiger partial charge in [0.15, 0.2) is 11.5 Å². The smallest absolute Gasteiger partial charge is 0.161 e. The van der Waals surface area contributed by atoms with Crippen LogP contribution in [0.4, 0.5) is 0 Å². The second-order valence-electron chi connectivity index (χ2n) is 12.0. The monoisotopic (exact) mass is 670 g/mol. The number of fused-ring (bicyclic) bond motifs is 1. The number of ether oxygens (including phenoxy) is 4. The van der Waals surface area contributed by atoms with Crippen LogP contribution < -0.4 is 24.3 Å². The maximum Gasteiger partial charge on any atom is 0.161 e. The molecule has 0 amide bonds. The minimum Gasteiger partial charge on any atom is -0.488 e. The van der Waals surface area contributed by atoms with Crippen molar-refractivity contribution in [3.05, 3.63) is 106 Å². The highest BCUT2D eigenvalue weighted by molar-refractivity contribution is 5.71. The fourth-order valence-corrected chi connectivity index (χ4v) is 5.61. The molecule has 0 fully saturated rings. The zero-order valence-corrected chi connectivity index (χ0v) is 27.5. The fourth-order valence-electron chi connectivity index (χ4n) is 5.61. The summed E-state index contributed by atoms with van der Waals surface area (Å²) in [4.78, 5) is 0. The van der Waals surface area contributed by atoms with Gasteiger partial charge in [0.05, 0.1) is 24.3 Å². The Kier molecular flexibility index (Phi) is 12.1. The molecule has 4 aromatic rings.